The van der Waals surface area contributed by atoms with Crippen molar-refractivity contribution in [3.05, 3.63) is 0 Å². The van der Waals surface area contributed by atoms with Crippen LogP contribution in [-0.2, 0) is 33.3 Å². The highest BCUT2D eigenvalue weighted by Crippen LogP contribution is 2.28. The first kappa shape index (κ1) is 27.7. The number of carboxylic acids is 2. The van der Waals surface area contributed by atoms with E-state index in [2.05, 4.69) is 0 Å². The zero-order valence-corrected chi connectivity index (χ0v) is 18.5. The first-order valence-corrected chi connectivity index (χ1v) is 10.3. The summed E-state index contributed by atoms with van der Waals surface area (Å²) in [6, 6.07) is 0. The van der Waals surface area contributed by atoms with E-state index in [4.69, 9.17) is 23.7 Å². The maximum absolute atomic E-state index is 12.1. The Hall–Kier alpha value is -1.26. The van der Waals surface area contributed by atoms with Gasteiger partial charge in [0.15, 0.2) is 18.9 Å². The van der Waals surface area contributed by atoms with E-state index >= 15 is 0 Å². The number of aliphatic carboxylic acids is 2. The molecule has 0 radical (unpaired) electrons. The van der Waals surface area contributed by atoms with Gasteiger partial charge in [0, 0.05) is 13.2 Å². The molecular weight excluding hydrogens is 384 g/mol. The summed E-state index contributed by atoms with van der Waals surface area (Å²) in [6.45, 7) is 11.2. The Bertz CT molecular complexity index is 471. The summed E-state index contributed by atoms with van der Waals surface area (Å²) >= 11 is 0. The minimum Gasteiger partial charge on any atom is -0.481 e. The molecule has 0 aromatic rings. The van der Waals surface area contributed by atoms with Gasteiger partial charge in [0.2, 0.25) is 5.60 Å². The largest absolute Gasteiger partial charge is 0.481 e. The van der Waals surface area contributed by atoms with Crippen LogP contribution in [0.4, 0.5) is 0 Å². The van der Waals surface area contributed by atoms with Gasteiger partial charge in [-0.15, -0.1) is 0 Å². The maximum atomic E-state index is 12.1. The third-order valence-corrected chi connectivity index (χ3v) is 4.29. The number of hydrogen-bond donors (Lipinski definition) is 2. The SMILES string of the molecule is CCCCOC(C)OC(C)OC(CC(=O)O)(C(=O)O)C(C)OC(C)OCCCC. The summed E-state index contributed by atoms with van der Waals surface area (Å²) in [6.07, 6.45) is -0.714. The van der Waals surface area contributed by atoms with Crippen molar-refractivity contribution < 1.29 is 43.5 Å². The highest BCUT2D eigenvalue weighted by molar-refractivity contribution is 5.84. The Kier molecular flexibility index (Phi) is 14.0. The highest BCUT2D eigenvalue weighted by atomic mass is 16.8. The summed E-state index contributed by atoms with van der Waals surface area (Å²) < 4.78 is 27.7. The molecule has 2 N–H and O–H groups in total. The minimum absolute atomic E-state index is 0.455. The van der Waals surface area contributed by atoms with Crippen LogP contribution in [0.1, 0.15) is 73.6 Å². The van der Waals surface area contributed by atoms with Gasteiger partial charge in [-0.25, -0.2) is 4.79 Å². The van der Waals surface area contributed by atoms with Crippen molar-refractivity contribution in [3.63, 3.8) is 0 Å². The molecule has 0 rings (SSSR count). The lowest BCUT2D eigenvalue weighted by Gasteiger charge is -2.37. The van der Waals surface area contributed by atoms with Gasteiger partial charge in [0.05, 0.1) is 12.5 Å². The summed E-state index contributed by atoms with van der Waals surface area (Å²) in [7, 11) is 0. The number of unbranched alkanes of at least 4 members (excludes halogenated alkanes) is 2. The first-order chi connectivity index (χ1) is 13.6. The number of ether oxygens (including phenoxy) is 5. The quantitative estimate of drug-likeness (QED) is 0.253. The molecule has 0 saturated carbocycles. The average Bonchev–Trinajstić information content (AvgIpc) is 2.60. The molecule has 5 atom stereocenters. The second-order valence-electron chi connectivity index (χ2n) is 6.95. The summed E-state index contributed by atoms with van der Waals surface area (Å²) in [5.74, 6) is -2.79. The van der Waals surface area contributed by atoms with Crippen molar-refractivity contribution in [3.8, 4) is 0 Å². The zero-order valence-electron chi connectivity index (χ0n) is 18.5. The molecule has 0 fully saturated rings. The Balaban J connectivity index is 5.18. The summed E-state index contributed by atoms with van der Waals surface area (Å²) in [5.41, 5.74) is -2.16. The van der Waals surface area contributed by atoms with E-state index in [0.29, 0.717) is 13.2 Å². The number of carbonyl (C=O) groups is 2. The molecule has 9 heteroatoms. The molecule has 0 heterocycles. The molecule has 172 valence electrons. The van der Waals surface area contributed by atoms with Gasteiger partial charge in [0.1, 0.15) is 0 Å². The topological polar surface area (TPSA) is 121 Å². The van der Waals surface area contributed by atoms with Crippen LogP contribution in [-0.4, -0.2) is 65.9 Å². The van der Waals surface area contributed by atoms with Crippen LogP contribution in [0.25, 0.3) is 0 Å². The number of rotatable bonds is 18. The van der Waals surface area contributed by atoms with Crippen LogP contribution in [0.15, 0.2) is 0 Å². The van der Waals surface area contributed by atoms with Gasteiger partial charge < -0.3 is 33.9 Å². The molecule has 0 aliphatic heterocycles. The lowest BCUT2D eigenvalue weighted by atomic mass is 9.93. The molecule has 0 saturated heterocycles. The fourth-order valence-electron chi connectivity index (χ4n) is 2.66. The molecule has 0 bridgehead atoms. The van der Waals surface area contributed by atoms with E-state index in [0.717, 1.165) is 25.7 Å². The molecular formula is C20H38O9. The third-order valence-electron chi connectivity index (χ3n) is 4.29. The summed E-state index contributed by atoms with van der Waals surface area (Å²) in [4.78, 5) is 23.5. The fourth-order valence-corrected chi connectivity index (χ4v) is 2.66. The van der Waals surface area contributed by atoms with Gasteiger partial charge in [0.25, 0.3) is 0 Å². The van der Waals surface area contributed by atoms with Crippen LogP contribution < -0.4 is 0 Å². The van der Waals surface area contributed by atoms with E-state index in [1.807, 2.05) is 13.8 Å². The van der Waals surface area contributed by atoms with E-state index in [-0.39, 0.29) is 0 Å². The minimum atomic E-state index is -2.16. The predicted octanol–water partition coefficient (Wildman–Crippen LogP) is 3.39. The second-order valence-corrected chi connectivity index (χ2v) is 6.95. The van der Waals surface area contributed by atoms with Crippen molar-refractivity contribution in [2.75, 3.05) is 13.2 Å². The van der Waals surface area contributed by atoms with Gasteiger partial charge >= 0.3 is 11.9 Å². The number of carboxylic acid groups (broad SMARTS) is 2. The predicted molar refractivity (Wildman–Crippen MR) is 105 cm³/mol. The molecule has 0 aliphatic rings. The van der Waals surface area contributed by atoms with Gasteiger partial charge in [-0.3, -0.25) is 4.79 Å². The number of hydrogen-bond acceptors (Lipinski definition) is 7. The molecule has 0 aromatic heterocycles. The lowest BCUT2D eigenvalue weighted by Crippen LogP contribution is -2.56. The molecule has 0 amide bonds. The van der Waals surface area contributed by atoms with Crippen molar-refractivity contribution in [1.82, 2.24) is 0 Å². The van der Waals surface area contributed by atoms with Crippen molar-refractivity contribution >= 4 is 11.9 Å². The lowest BCUT2D eigenvalue weighted by molar-refractivity contribution is -0.293. The normalized spacial score (nSPS) is 17.9. The average molecular weight is 423 g/mol. The molecule has 0 aromatic carbocycles. The van der Waals surface area contributed by atoms with Gasteiger partial charge in [-0.1, -0.05) is 26.7 Å². The second kappa shape index (κ2) is 14.7. The van der Waals surface area contributed by atoms with Crippen molar-refractivity contribution in [2.24, 2.45) is 0 Å². The van der Waals surface area contributed by atoms with Crippen LogP contribution in [0.5, 0.6) is 0 Å². The smallest absolute Gasteiger partial charge is 0.339 e. The summed E-state index contributed by atoms with van der Waals surface area (Å²) in [5, 5.41) is 19.1. The van der Waals surface area contributed by atoms with Crippen molar-refractivity contribution in [2.45, 2.75) is 104 Å². The van der Waals surface area contributed by atoms with E-state index in [1.165, 1.54) is 13.8 Å². The standard InChI is InChI=1S/C20H38O9/c1-7-9-11-25-15(4)27-14(3)20(19(23)24,13-18(21)22)29-17(6)28-16(5)26-12-10-8-2/h14-17H,7-13H2,1-6H3,(H,21,22)(H,23,24). The Morgan fingerprint density at radius 1 is 0.828 bits per heavy atom. The Morgan fingerprint density at radius 2 is 1.31 bits per heavy atom. The Labute approximate surface area is 173 Å². The van der Waals surface area contributed by atoms with Gasteiger partial charge in [-0.05, 0) is 40.5 Å². The first-order valence-electron chi connectivity index (χ1n) is 10.3. The molecule has 9 nitrogen and oxygen atoms in total. The van der Waals surface area contributed by atoms with E-state index in [9.17, 15) is 19.8 Å². The van der Waals surface area contributed by atoms with Crippen LogP contribution >= 0.6 is 0 Å². The molecule has 0 spiro atoms. The zero-order chi connectivity index (χ0) is 22.4. The van der Waals surface area contributed by atoms with Crippen LogP contribution in [0.3, 0.4) is 0 Å². The monoisotopic (exact) mass is 422 g/mol. The van der Waals surface area contributed by atoms with Crippen LogP contribution in [0.2, 0.25) is 0 Å². The molecule has 5 unspecified atom stereocenters. The molecule has 29 heavy (non-hydrogen) atoms. The van der Waals surface area contributed by atoms with E-state index in [1.54, 1.807) is 13.8 Å². The van der Waals surface area contributed by atoms with E-state index < -0.39 is 48.9 Å². The van der Waals surface area contributed by atoms with Crippen LogP contribution in [0, 0.1) is 0 Å². The third kappa shape index (κ3) is 10.9. The molecule has 0 aliphatic carbocycles. The van der Waals surface area contributed by atoms with Gasteiger partial charge in [-0.2, -0.15) is 0 Å². The fraction of sp³-hybridized carbons (Fsp3) is 0.900. The Morgan fingerprint density at radius 3 is 1.72 bits per heavy atom. The maximum Gasteiger partial charge on any atom is 0.339 e. The highest BCUT2D eigenvalue weighted by Gasteiger charge is 2.50. The van der Waals surface area contributed by atoms with Crippen molar-refractivity contribution in [1.29, 1.82) is 0 Å².